The fourth-order valence-corrected chi connectivity index (χ4v) is 3.91. The third-order valence-corrected chi connectivity index (χ3v) is 5.42. The van der Waals surface area contributed by atoms with Crippen molar-refractivity contribution in [2.75, 3.05) is 13.1 Å². The summed E-state index contributed by atoms with van der Waals surface area (Å²) in [6.07, 6.45) is 2.17. The van der Waals surface area contributed by atoms with Crippen LogP contribution in [0.1, 0.15) is 23.7 Å². The molecule has 1 amide bonds. The van der Waals surface area contributed by atoms with E-state index in [1.54, 1.807) is 0 Å². The van der Waals surface area contributed by atoms with Crippen molar-refractivity contribution in [2.45, 2.75) is 29.0 Å². The van der Waals surface area contributed by atoms with E-state index >= 15 is 0 Å². The number of hydrogen-bond acceptors (Lipinski definition) is 3. The second kappa shape index (κ2) is 8.45. The Hall–Kier alpha value is -1.92. The number of carbonyl (C=O) groups is 1. The summed E-state index contributed by atoms with van der Waals surface area (Å²) in [4.78, 5) is 13.2. The Morgan fingerprint density at radius 2 is 2.00 bits per heavy atom. The van der Waals surface area contributed by atoms with Crippen LogP contribution in [0.5, 0.6) is 0 Å². The van der Waals surface area contributed by atoms with E-state index in [0.29, 0.717) is 17.5 Å². The van der Waals surface area contributed by atoms with Crippen LogP contribution in [0.3, 0.4) is 0 Å². The highest BCUT2D eigenvalue weighted by Gasteiger charge is 2.24. The SMILES string of the molecule is O=C(NCC1CCCN1)C(Sc1ccc(F)c(F)c1)c1ccccc1. The molecule has 2 aromatic rings. The molecule has 0 bridgehead atoms. The van der Waals surface area contributed by atoms with Crippen LogP contribution in [0.15, 0.2) is 53.4 Å². The van der Waals surface area contributed by atoms with Gasteiger partial charge in [-0.2, -0.15) is 0 Å². The zero-order chi connectivity index (χ0) is 17.6. The second-order valence-corrected chi connectivity index (χ2v) is 7.20. The lowest BCUT2D eigenvalue weighted by atomic mass is 10.1. The van der Waals surface area contributed by atoms with Crippen LogP contribution in [0.2, 0.25) is 0 Å². The molecule has 2 aromatic carbocycles. The largest absolute Gasteiger partial charge is 0.353 e. The van der Waals surface area contributed by atoms with Gasteiger partial charge in [-0.25, -0.2) is 8.78 Å². The van der Waals surface area contributed by atoms with E-state index in [0.717, 1.165) is 37.1 Å². The molecule has 0 aliphatic carbocycles. The molecule has 3 nitrogen and oxygen atoms in total. The molecule has 0 radical (unpaired) electrons. The van der Waals surface area contributed by atoms with Crippen LogP contribution in [0.25, 0.3) is 0 Å². The molecule has 0 saturated carbocycles. The predicted molar refractivity (Wildman–Crippen MR) is 95.4 cm³/mol. The first-order valence-corrected chi connectivity index (χ1v) is 9.19. The van der Waals surface area contributed by atoms with Crippen molar-refractivity contribution in [1.82, 2.24) is 10.6 Å². The van der Waals surface area contributed by atoms with Gasteiger partial charge in [0.1, 0.15) is 5.25 Å². The van der Waals surface area contributed by atoms with E-state index in [2.05, 4.69) is 10.6 Å². The zero-order valence-electron chi connectivity index (χ0n) is 13.7. The maximum atomic E-state index is 13.5. The average molecular weight is 362 g/mol. The van der Waals surface area contributed by atoms with Crippen molar-refractivity contribution < 1.29 is 13.6 Å². The summed E-state index contributed by atoms with van der Waals surface area (Å²) >= 11 is 1.22. The van der Waals surface area contributed by atoms with Crippen LogP contribution in [-0.2, 0) is 4.79 Å². The van der Waals surface area contributed by atoms with Gasteiger partial charge in [0.15, 0.2) is 11.6 Å². The van der Waals surface area contributed by atoms with E-state index in [1.807, 2.05) is 30.3 Å². The Morgan fingerprint density at radius 3 is 2.68 bits per heavy atom. The number of amides is 1. The second-order valence-electron chi connectivity index (χ2n) is 6.02. The van der Waals surface area contributed by atoms with Gasteiger partial charge < -0.3 is 10.6 Å². The van der Waals surface area contributed by atoms with Crippen molar-refractivity contribution in [3.63, 3.8) is 0 Å². The van der Waals surface area contributed by atoms with Crippen LogP contribution >= 0.6 is 11.8 Å². The maximum absolute atomic E-state index is 13.5. The first-order chi connectivity index (χ1) is 12.1. The molecule has 2 unspecified atom stereocenters. The smallest absolute Gasteiger partial charge is 0.238 e. The third-order valence-electron chi connectivity index (χ3n) is 4.17. The molecule has 1 fully saturated rings. The van der Waals surface area contributed by atoms with Crippen molar-refractivity contribution in [3.05, 3.63) is 65.7 Å². The Bertz CT molecular complexity index is 721. The number of rotatable bonds is 6. The van der Waals surface area contributed by atoms with E-state index < -0.39 is 16.9 Å². The number of hydrogen-bond donors (Lipinski definition) is 2. The summed E-state index contributed by atoms with van der Waals surface area (Å²) in [5.41, 5.74) is 0.828. The molecule has 2 N–H and O–H groups in total. The molecule has 6 heteroatoms. The number of carbonyl (C=O) groups excluding carboxylic acids is 1. The molecular weight excluding hydrogens is 342 g/mol. The molecule has 1 heterocycles. The van der Waals surface area contributed by atoms with Crippen LogP contribution in [0.4, 0.5) is 8.78 Å². The highest BCUT2D eigenvalue weighted by Crippen LogP contribution is 2.36. The maximum Gasteiger partial charge on any atom is 0.238 e. The standard InChI is InChI=1S/C19H20F2N2OS/c20-16-9-8-15(11-17(16)21)25-18(13-5-2-1-3-6-13)19(24)23-12-14-7-4-10-22-14/h1-3,5-6,8-9,11,14,18,22H,4,7,10,12H2,(H,23,24). The van der Waals surface area contributed by atoms with E-state index in [-0.39, 0.29) is 5.91 Å². The van der Waals surface area contributed by atoms with Gasteiger partial charge in [0.05, 0.1) is 0 Å². The fraction of sp³-hybridized carbons (Fsp3) is 0.316. The zero-order valence-corrected chi connectivity index (χ0v) is 14.5. The van der Waals surface area contributed by atoms with E-state index in [1.165, 1.54) is 17.8 Å². The van der Waals surface area contributed by atoms with Crippen LogP contribution in [0, 0.1) is 11.6 Å². The minimum absolute atomic E-state index is 0.130. The summed E-state index contributed by atoms with van der Waals surface area (Å²) in [7, 11) is 0. The summed E-state index contributed by atoms with van der Waals surface area (Å²) in [5, 5.41) is 5.80. The molecule has 2 atom stereocenters. The van der Waals surface area contributed by atoms with Crippen LogP contribution < -0.4 is 10.6 Å². The van der Waals surface area contributed by atoms with Gasteiger partial charge in [-0.3, -0.25) is 4.79 Å². The van der Waals surface area contributed by atoms with Gasteiger partial charge in [0, 0.05) is 17.5 Å². The molecule has 0 aromatic heterocycles. The minimum atomic E-state index is -0.910. The van der Waals surface area contributed by atoms with Crippen molar-refractivity contribution >= 4 is 17.7 Å². The molecular formula is C19H20F2N2OS. The van der Waals surface area contributed by atoms with E-state index in [4.69, 9.17) is 0 Å². The predicted octanol–water partition coefficient (Wildman–Crippen LogP) is 3.67. The molecule has 25 heavy (non-hydrogen) atoms. The van der Waals surface area contributed by atoms with Gasteiger partial charge in [0.2, 0.25) is 5.91 Å². The van der Waals surface area contributed by atoms with Crippen molar-refractivity contribution in [3.8, 4) is 0 Å². The van der Waals surface area contributed by atoms with Gasteiger partial charge in [-0.1, -0.05) is 30.3 Å². The van der Waals surface area contributed by atoms with Gasteiger partial charge in [0.25, 0.3) is 0 Å². The number of benzene rings is 2. The molecule has 1 aliphatic rings. The highest BCUT2D eigenvalue weighted by molar-refractivity contribution is 8.00. The third kappa shape index (κ3) is 4.80. The summed E-state index contributed by atoms with van der Waals surface area (Å²) in [6.45, 7) is 1.55. The van der Waals surface area contributed by atoms with Gasteiger partial charge >= 0.3 is 0 Å². The van der Waals surface area contributed by atoms with E-state index in [9.17, 15) is 13.6 Å². The highest BCUT2D eigenvalue weighted by atomic mass is 32.2. The van der Waals surface area contributed by atoms with Crippen molar-refractivity contribution in [2.24, 2.45) is 0 Å². The summed E-state index contributed by atoms with van der Waals surface area (Å²) in [5.74, 6) is -1.93. The summed E-state index contributed by atoms with van der Waals surface area (Å²) < 4.78 is 26.6. The molecule has 132 valence electrons. The first kappa shape index (κ1) is 17.9. The molecule has 3 rings (SSSR count). The Morgan fingerprint density at radius 1 is 1.20 bits per heavy atom. The number of thioether (sulfide) groups is 1. The summed E-state index contributed by atoms with van der Waals surface area (Å²) in [6, 6.07) is 13.3. The molecule has 0 spiro atoms. The van der Waals surface area contributed by atoms with Crippen LogP contribution in [-0.4, -0.2) is 25.0 Å². The normalized spacial score (nSPS) is 18.1. The monoisotopic (exact) mass is 362 g/mol. The van der Waals surface area contributed by atoms with Gasteiger partial charge in [-0.15, -0.1) is 11.8 Å². The van der Waals surface area contributed by atoms with Gasteiger partial charge in [-0.05, 0) is 43.1 Å². The lowest BCUT2D eigenvalue weighted by Gasteiger charge is -2.19. The number of nitrogens with one attached hydrogen (secondary N) is 2. The van der Waals surface area contributed by atoms with Crippen molar-refractivity contribution in [1.29, 1.82) is 0 Å². The minimum Gasteiger partial charge on any atom is -0.353 e. The Balaban J connectivity index is 1.74. The lowest BCUT2D eigenvalue weighted by molar-refractivity contribution is -0.120. The average Bonchev–Trinajstić information content (AvgIpc) is 3.15. The fourth-order valence-electron chi connectivity index (χ4n) is 2.83. The molecule has 1 aliphatic heterocycles. The Labute approximate surface area is 150 Å². The topological polar surface area (TPSA) is 41.1 Å². The quantitative estimate of drug-likeness (QED) is 0.771. The Kier molecular flexibility index (Phi) is 6.04. The first-order valence-electron chi connectivity index (χ1n) is 8.31. The lowest BCUT2D eigenvalue weighted by Crippen LogP contribution is -2.38. The molecule has 1 saturated heterocycles. The number of halogens is 2.